The molecule has 0 heterocycles. The highest BCUT2D eigenvalue weighted by Gasteiger charge is 2.22. The molecule has 25 heavy (non-hydrogen) atoms. The molecule has 0 aliphatic carbocycles. The molecule has 0 saturated carbocycles. The van der Waals surface area contributed by atoms with Gasteiger partial charge in [-0.2, -0.15) is 5.26 Å². The fourth-order valence-corrected chi connectivity index (χ4v) is 2.64. The van der Waals surface area contributed by atoms with Crippen LogP contribution in [-0.4, -0.2) is 10.7 Å². The minimum absolute atomic E-state index is 0.0414. The van der Waals surface area contributed by atoms with Gasteiger partial charge in [-0.3, -0.25) is 14.9 Å². The summed E-state index contributed by atoms with van der Waals surface area (Å²) in [5.74, 6) is -1.35. The van der Waals surface area contributed by atoms with Crippen LogP contribution < -0.4 is 0 Å². The van der Waals surface area contributed by atoms with E-state index in [2.05, 4.69) is 0 Å². The van der Waals surface area contributed by atoms with Crippen molar-refractivity contribution in [1.82, 2.24) is 0 Å². The molecule has 3 rings (SSSR count). The van der Waals surface area contributed by atoms with Crippen molar-refractivity contribution >= 4 is 22.2 Å². The van der Waals surface area contributed by atoms with Crippen LogP contribution in [0.25, 0.3) is 10.8 Å². The van der Waals surface area contributed by atoms with Crippen LogP contribution in [0, 0.1) is 27.3 Å². The Balaban J connectivity index is 1.95. The first kappa shape index (κ1) is 16.3. The number of nitrogens with zero attached hydrogens (tertiary/aromatic N) is 2. The zero-order valence-electron chi connectivity index (χ0n) is 12.9. The standard InChI is InChI=1S/C19H11FN2O3/c20-19-15(7-8-17(22(24)25)16(19)11-21)10-18(23)14-6-5-12-3-1-2-4-13(12)9-14/h1-9H,10H2. The van der Waals surface area contributed by atoms with Gasteiger partial charge in [-0.25, -0.2) is 4.39 Å². The van der Waals surface area contributed by atoms with E-state index in [1.165, 1.54) is 12.1 Å². The third kappa shape index (κ3) is 3.08. The molecule has 0 saturated heterocycles. The lowest BCUT2D eigenvalue weighted by molar-refractivity contribution is -0.385. The molecule has 0 fully saturated rings. The highest BCUT2D eigenvalue weighted by Crippen LogP contribution is 2.25. The van der Waals surface area contributed by atoms with E-state index in [9.17, 15) is 19.3 Å². The van der Waals surface area contributed by atoms with Crippen LogP contribution in [0.3, 0.4) is 0 Å². The second-order valence-electron chi connectivity index (χ2n) is 5.46. The van der Waals surface area contributed by atoms with Gasteiger partial charge in [-0.05, 0) is 28.5 Å². The van der Waals surface area contributed by atoms with Crippen LogP contribution in [-0.2, 0) is 6.42 Å². The number of nitriles is 1. The number of rotatable bonds is 4. The molecule has 122 valence electrons. The second kappa shape index (κ2) is 6.49. The summed E-state index contributed by atoms with van der Waals surface area (Å²) in [4.78, 5) is 22.5. The molecule has 0 aromatic heterocycles. The van der Waals surface area contributed by atoms with E-state index in [4.69, 9.17) is 5.26 Å². The minimum Gasteiger partial charge on any atom is -0.294 e. The minimum atomic E-state index is -1.02. The van der Waals surface area contributed by atoms with E-state index in [-0.39, 0.29) is 17.8 Å². The highest BCUT2D eigenvalue weighted by atomic mass is 19.1. The van der Waals surface area contributed by atoms with Crippen molar-refractivity contribution in [3.8, 4) is 6.07 Å². The SMILES string of the molecule is N#Cc1c([N+](=O)[O-])ccc(CC(=O)c2ccc3ccccc3c2)c1F. The van der Waals surface area contributed by atoms with Gasteiger partial charge < -0.3 is 0 Å². The van der Waals surface area contributed by atoms with Gasteiger partial charge in [0.1, 0.15) is 6.07 Å². The van der Waals surface area contributed by atoms with Crippen LogP contribution in [0.2, 0.25) is 0 Å². The molecule has 0 unspecified atom stereocenters. The number of benzene rings is 3. The molecule has 0 atom stereocenters. The first-order valence-electron chi connectivity index (χ1n) is 7.39. The number of fused-ring (bicyclic) bond motifs is 1. The average molecular weight is 334 g/mol. The molecule has 0 bridgehead atoms. The van der Waals surface area contributed by atoms with Crippen molar-refractivity contribution in [2.45, 2.75) is 6.42 Å². The van der Waals surface area contributed by atoms with Gasteiger partial charge >= 0.3 is 0 Å². The summed E-state index contributed by atoms with van der Waals surface area (Å²) in [5, 5.41) is 21.7. The van der Waals surface area contributed by atoms with Gasteiger partial charge in [0.2, 0.25) is 0 Å². The Hall–Kier alpha value is -3.59. The Bertz CT molecular complexity index is 1050. The molecule has 6 heteroatoms. The van der Waals surface area contributed by atoms with Gasteiger partial charge in [-0.15, -0.1) is 0 Å². The maximum atomic E-state index is 14.3. The molecule has 5 nitrogen and oxygen atoms in total. The number of nitro benzene ring substituents is 1. The van der Waals surface area contributed by atoms with E-state index in [1.807, 2.05) is 24.3 Å². The Morgan fingerprint density at radius 2 is 1.84 bits per heavy atom. The van der Waals surface area contributed by atoms with Gasteiger partial charge in [0.15, 0.2) is 17.2 Å². The molecule has 3 aromatic carbocycles. The van der Waals surface area contributed by atoms with E-state index in [0.29, 0.717) is 5.56 Å². The maximum Gasteiger partial charge on any atom is 0.290 e. The maximum absolute atomic E-state index is 14.3. The zero-order chi connectivity index (χ0) is 18.0. The van der Waals surface area contributed by atoms with Crippen LogP contribution in [0.15, 0.2) is 54.6 Å². The number of ketones is 1. The number of carbonyl (C=O) groups is 1. The Morgan fingerprint density at radius 3 is 2.52 bits per heavy atom. The van der Waals surface area contributed by atoms with Crippen molar-refractivity contribution in [2.24, 2.45) is 0 Å². The Morgan fingerprint density at radius 1 is 1.12 bits per heavy atom. The highest BCUT2D eigenvalue weighted by molar-refractivity contribution is 6.01. The van der Waals surface area contributed by atoms with Crippen LogP contribution in [0.4, 0.5) is 10.1 Å². The van der Waals surface area contributed by atoms with Crippen LogP contribution >= 0.6 is 0 Å². The molecule has 3 aromatic rings. The van der Waals surface area contributed by atoms with E-state index in [0.717, 1.165) is 16.8 Å². The molecule has 0 aliphatic heterocycles. The van der Waals surface area contributed by atoms with E-state index < -0.39 is 22.0 Å². The van der Waals surface area contributed by atoms with Crippen LogP contribution in [0.5, 0.6) is 0 Å². The molecule has 0 aliphatic rings. The van der Waals surface area contributed by atoms with Crippen LogP contribution in [0.1, 0.15) is 21.5 Å². The predicted molar refractivity (Wildman–Crippen MR) is 89.8 cm³/mol. The molecule has 0 N–H and O–H groups in total. The Labute approximate surface area is 142 Å². The van der Waals surface area contributed by atoms with Gasteiger partial charge in [0.25, 0.3) is 5.69 Å². The van der Waals surface area contributed by atoms with E-state index >= 15 is 0 Å². The molecule has 0 spiro atoms. The summed E-state index contributed by atoms with van der Waals surface area (Å²) in [6.07, 6.45) is -0.281. The predicted octanol–water partition coefficient (Wildman–Crippen LogP) is 4.18. The lowest BCUT2D eigenvalue weighted by Crippen LogP contribution is -2.07. The largest absolute Gasteiger partial charge is 0.294 e. The molecular weight excluding hydrogens is 323 g/mol. The summed E-state index contributed by atoms with van der Waals surface area (Å²) in [5.41, 5.74) is -0.897. The molecule has 0 amide bonds. The lowest BCUT2D eigenvalue weighted by atomic mass is 9.98. The average Bonchev–Trinajstić information content (AvgIpc) is 2.62. The number of halogens is 1. The van der Waals surface area contributed by atoms with Crippen molar-refractivity contribution in [3.05, 3.63) is 87.2 Å². The number of Topliss-reactive ketones (excluding diaryl/α,β-unsaturated/α-hetero) is 1. The quantitative estimate of drug-likeness (QED) is 0.407. The smallest absolute Gasteiger partial charge is 0.290 e. The normalized spacial score (nSPS) is 10.4. The second-order valence-corrected chi connectivity index (χ2v) is 5.46. The van der Waals surface area contributed by atoms with Crippen molar-refractivity contribution < 1.29 is 14.1 Å². The number of hydrogen-bond donors (Lipinski definition) is 0. The van der Waals surface area contributed by atoms with Gasteiger partial charge in [0.05, 0.1) is 4.92 Å². The first-order chi connectivity index (χ1) is 12.0. The number of nitro groups is 1. The summed E-state index contributed by atoms with van der Waals surface area (Å²) in [7, 11) is 0. The van der Waals surface area contributed by atoms with E-state index in [1.54, 1.807) is 18.2 Å². The third-order valence-corrected chi connectivity index (χ3v) is 3.93. The van der Waals surface area contributed by atoms with Gasteiger partial charge in [0, 0.05) is 18.1 Å². The lowest BCUT2D eigenvalue weighted by Gasteiger charge is -2.06. The van der Waals surface area contributed by atoms with Crippen molar-refractivity contribution in [3.63, 3.8) is 0 Å². The fourth-order valence-electron chi connectivity index (χ4n) is 2.64. The summed E-state index contributed by atoms with van der Waals surface area (Å²) in [6, 6.07) is 16.4. The molecule has 0 radical (unpaired) electrons. The number of carbonyl (C=O) groups excluding carboxylic acids is 1. The topological polar surface area (TPSA) is 84.0 Å². The zero-order valence-corrected chi connectivity index (χ0v) is 12.9. The number of hydrogen-bond acceptors (Lipinski definition) is 4. The van der Waals surface area contributed by atoms with Gasteiger partial charge in [-0.1, -0.05) is 36.4 Å². The van der Waals surface area contributed by atoms with Crippen molar-refractivity contribution in [2.75, 3.05) is 0 Å². The summed E-state index contributed by atoms with van der Waals surface area (Å²) in [6.45, 7) is 0. The monoisotopic (exact) mass is 334 g/mol. The van der Waals surface area contributed by atoms with Crippen molar-refractivity contribution in [1.29, 1.82) is 5.26 Å². The summed E-state index contributed by atoms with van der Waals surface area (Å²) >= 11 is 0. The Kier molecular flexibility index (Phi) is 4.23. The summed E-state index contributed by atoms with van der Waals surface area (Å²) < 4.78 is 14.3. The fraction of sp³-hybridized carbons (Fsp3) is 0.0526. The molecular formula is C19H11FN2O3. The third-order valence-electron chi connectivity index (χ3n) is 3.93. The first-order valence-corrected chi connectivity index (χ1v) is 7.39.